The summed E-state index contributed by atoms with van der Waals surface area (Å²) in [6.45, 7) is 5.97. The van der Waals surface area contributed by atoms with Crippen LogP contribution < -0.4 is 10.1 Å². The lowest BCUT2D eigenvalue weighted by Crippen LogP contribution is -2.36. The molecule has 7 heteroatoms. The second kappa shape index (κ2) is 8.96. The molecule has 150 valence electrons. The molecule has 0 radical (unpaired) electrons. The van der Waals surface area contributed by atoms with Gasteiger partial charge in [0.15, 0.2) is 0 Å². The van der Waals surface area contributed by atoms with Crippen molar-refractivity contribution in [3.8, 4) is 5.75 Å². The van der Waals surface area contributed by atoms with E-state index in [-0.39, 0.29) is 11.4 Å². The molecule has 1 aliphatic rings. The predicted molar refractivity (Wildman–Crippen MR) is 115 cm³/mol. The minimum Gasteiger partial charge on any atom is -0.493 e. The number of nitrogens with one attached hydrogen (secondary N) is 1. The molecule has 3 rings (SSSR count). The predicted octanol–water partition coefficient (Wildman–Crippen LogP) is 4.38. The van der Waals surface area contributed by atoms with Crippen LogP contribution in [0.3, 0.4) is 0 Å². The number of nitrogens with zero attached hydrogens (tertiary/aromatic N) is 1. The van der Waals surface area contributed by atoms with Crippen LogP contribution in [0.1, 0.15) is 23.6 Å². The van der Waals surface area contributed by atoms with Gasteiger partial charge in [-0.3, -0.25) is 19.3 Å². The Hall–Kier alpha value is -3.06. The number of carbonyl (C=O) groups excluding carboxylic acids is 3. The van der Waals surface area contributed by atoms with Crippen LogP contribution in [-0.2, 0) is 9.59 Å². The van der Waals surface area contributed by atoms with E-state index in [0.717, 1.165) is 27.8 Å². The van der Waals surface area contributed by atoms with E-state index < -0.39 is 17.1 Å². The summed E-state index contributed by atoms with van der Waals surface area (Å²) in [6.07, 6.45) is 1.62. The van der Waals surface area contributed by atoms with E-state index in [9.17, 15) is 14.4 Å². The Balaban J connectivity index is 1.72. The van der Waals surface area contributed by atoms with E-state index in [2.05, 4.69) is 5.32 Å². The first-order valence-corrected chi connectivity index (χ1v) is 10.0. The van der Waals surface area contributed by atoms with Crippen molar-refractivity contribution in [1.82, 2.24) is 4.90 Å². The van der Waals surface area contributed by atoms with Crippen LogP contribution >= 0.6 is 11.8 Å². The Morgan fingerprint density at radius 2 is 1.90 bits per heavy atom. The molecule has 29 heavy (non-hydrogen) atoms. The minimum absolute atomic E-state index is 0.265. The quantitative estimate of drug-likeness (QED) is 0.716. The Kier molecular flexibility index (Phi) is 6.39. The molecule has 0 spiro atoms. The summed E-state index contributed by atoms with van der Waals surface area (Å²) in [7, 11) is 0. The van der Waals surface area contributed by atoms with Crippen LogP contribution in [0.4, 0.5) is 10.5 Å². The number of anilines is 1. The second-order valence-corrected chi connectivity index (χ2v) is 7.58. The molecule has 3 amide bonds. The van der Waals surface area contributed by atoms with Crippen molar-refractivity contribution in [3.05, 3.63) is 64.1 Å². The molecule has 0 unspecified atom stereocenters. The molecule has 1 heterocycles. The van der Waals surface area contributed by atoms with Gasteiger partial charge in [0.2, 0.25) is 5.91 Å². The molecule has 1 aliphatic heterocycles. The number of imide groups is 1. The number of para-hydroxylation sites is 1. The first-order valence-electron chi connectivity index (χ1n) is 9.23. The third-order valence-electron chi connectivity index (χ3n) is 4.47. The largest absolute Gasteiger partial charge is 0.493 e. The third-order valence-corrected chi connectivity index (χ3v) is 5.38. The molecule has 0 bridgehead atoms. The number of hydrogen-bond donors (Lipinski definition) is 1. The molecule has 1 N–H and O–H groups in total. The topological polar surface area (TPSA) is 75.7 Å². The highest BCUT2D eigenvalue weighted by Gasteiger charge is 2.36. The summed E-state index contributed by atoms with van der Waals surface area (Å²) in [5.74, 6) is -0.276. The van der Waals surface area contributed by atoms with Crippen molar-refractivity contribution in [1.29, 1.82) is 0 Å². The van der Waals surface area contributed by atoms with Crippen LogP contribution in [0.15, 0.2) is 47.4 Å². The number of rotatable bonds is 6. The number of hydrogen-bond acceptors (Lipinski definition) is 5. The Morgan fingerprint density at radius 3 is 2.62 bits per heavy atom. The van der Waals surface area contributed by atoms with Gasteiger partial charge in [-0.25, -0.2) is 0 Å². The maximum absolute atomic E-state index is 12.7. The highest BCUT2D eigenvalue weighted by molar-refractivity contribution is 8.18. The van der Waals surface area contributed by atoms with Gasteiger partial charge >= 0.3 is 0 Å². The summed E-state index contributed by atoms with van der Waals surface area (Å²) < 4.78 is 5.56. The lowest BCUT2D eigenvalue weighted by Gasteiger charge is -2.13. The standard InChI is InChI=1S/C22H22N2O4S/c1-4-28-18-8-6-5-7-16(18)12-19-21(26)24(22(27)29-19)13-20(25)23-17-10-9-14(2)15(3)11-17/h5-12H,4,13H2,1-3H3,(H,23,25)/b19-12+. The molecule has 0 saturated carbocycles. The first-order chi connectivity index (χ1) is 13.9. The number of thioether (sulfide) groups is 1. The Morgan fingerprint density at radius 1 is 1.14 bits per heavy atom. The third kappa shape index (κ3) is 4.86. The molecule has 2 aromatic rings. The maximum Gasteiger partial charge on any atom is 0.294 e. The van der Waals surface area contributed by atoms with Gasteiger partial charge in [-0.1, -0.05) is 24.3 Å². The van der Waals surface area contributed by atoms with Gasteiger partial charge in [-0.05, 0) is 67.9 Å². The van der Waals surface area contributed by atoms with E-state index >= 15 is 0 Å². The second-order valence-electron chi connectivity index (χ2n) is 6.59. The smallest absolute Gasteiger partial charge is 0.294 e. The van der Waals surface area contributed by atoms with Gasteiger partial charge < -0.3 is 10.1 Å². The van der Waals surface area contributed by atoms with Gasteiger partial charge in [0, 0.05) is 11.3 Å². The van der Waals surface area contributed by atoms with Gasteiger partial charge in [0.25, 0.3) is 11.1 Å². The van der Waals surface area contributed by atoms with E-state index in [1.54, 1.807) is 18.2 Å². The molecule has 1 fully saturated rings. The highest BCUT2D eigenvalue weighted by atomic mass is 32.2. The summed E-state index contributed by atoms with van der Waals surface area (Å²) >= 11 is 0.819. The Labute approximate surface area is 173 Å². The summed E-state index contributed by atoms with van der Waals surface area (Å²) in [5, 5.41) is 2.27. The van der Waals surface area contributed by atoms with Crippen molar-refractivity contribution < 1.29 is 19.1 Å². The van der Waals surface area contributed by atoms with E-state index in [0.29, 0.717) is 23.6 Å². The number of amides is 3. The molecule has 2 aromatic carbocycles. The Bertz CT molecular complexity index is 1000. The van der Waals surface area contributed by atoms with E-state index in [1.165, 1.54) is 0 Å². The van der Waals surface area contributed by atoms with Crippen molar-refractivity contribution in [3.63, 3.8) is 0 Å². The SMILES string of the molecule is CCOc1ccccc1/C=C1/SC(=O)N(CC(=O)Nc2ccc(C)c(C)c2)C1=O. The fraction of sp³-hybridized carbons (Fsp3) is 0.227. The summed E-state index contributed by atoms with van der Waals surface area (Å²) in [4.78, 5) is 38.5. The zero-order valence-corrected chi connectivity index (χ0v) is 17.3. The number of carbonyl (C=O) groups is 3. The highest BCUT2D eigenvalue weighted by Crippen LogP contribution is 2.33. The van der Waals surface area contributed by atoms with Gasteiger partial charge in [0.05, 0.1) is 11.5 Å². The number of aryl methyl sites for hydroxylation is 2. The van der Waals surface area contributed by atoms with Crippen LogP contribution in [0.2, 0.25) is 0 Å². The van der Waals surface area contributed by atoms with Crippen LogP contribution in [-0.4, -0.2) is 35.1 Å². The average Bonchev–Trinajstić information content (AvgIpc) is 2.94. The van der Waals surface area contributed by atoms with E-state index in [1.807, 2.05) is 51.1 Å². The van der Waals surface area contributed by atoms with Crippen LogP contribution in [0.25, 0.3) is 6.08 Å². The fourth-order valence-electron chi connectivity index (χ4n) is 2.83. The van der Waals surface area contributed by atoms with Gasteiger partial charge in [0.1, 0.15) is 12.3 Å². The molecule has 0 aliphatic carbocycles. The van der Waals surface area contributed by atoms with Crippen molar-refractivity contribution >= 4 is 40.6 Å². The zero-order chi connectivity index (χ0) is 21.0. The monoisotopic (exact) mass is 410 g/mol. The van der Waals surface area contributed by atoms with Crippen molar-refractivity contribution in [2.45, 2.75) is 20.8 Å². The zero-order valence-electron chi connectivity index (χ0n) is 16.5. The number of benzene rings is 2. The summed E-state index contributed by atoms with van der Waals surface area (Å²) in [5.41, 5.74) is 3.50. The van der Waals surface area contributed by atoms with E-state index in [4.69, 9.17) is 4.74 Å². The molecule has 0 aromatic heterocycles. The average molecular weight is 410 g/mol. The lowest BCUT2D eigenvalue weighted by molar-refractivity contribution is -0.127. The molecular formula is C22H22N2O4S. The lowest BCUT2D eigenvalue weighted by atomic mass is 10.1. The first kappa shape index (κ1) is 20.7. The summed E-state index contributed by atoms with van der Waals surface area (Å²) in [6, 6.07) is 12.8. The minimum atomic E-state index is -0.485. The molecule has 1 saturated heterocycles. The molecule has 0 atom stereocenters. The molecule has 6 nitrogen and oxygen atoms in total. The van der Waals surface area contributed by atoms with Crippen molar-refractivity contribution in [2.24, 2.45) is 0 Å². The molecular weight excluding hydrogens is 388 g/mol. The maximum atomic E-state index is 12.7. The van der Waals surface area contributed by atoms with Crippen molar-refractivity contribution in [2.75, 3.05) is 18.5 Å². The number of ether oxygens (including phenoxy) is 1. The van der Waals surface area contributed by atoms with Crippen LogP contribution in [0, 0.1) is 13.8 Å². The van der Waals surface area contributed by atoms with Gasteiger partial charge in [-0.2, -0.15) is 0 Å². The fourth-order valence-corrected chi connectivity index (χ4v) is 3.66. The van der Waals surface area contributed by atoms with Gasteiger partial charge in [-0.15, -0.1) is 0 Å². The van der Waals surface area contributed by atoms with Crippen LogP contribution in [0.5, 0.6) is 5.75 Å². The normalized spacial score (nSPS) is 15.1.